The standard InChI is InChI=1S/C15H18F2N2O3/c16-10-5-11(17)14(18-6-10)15(20)19-12-8-21-4-3-13(12)22-7-9-1-2-9/h5-6,9,12-13H,1-4,7-8H2,(H,19,20)/t12-,13+/m1/s1. The quantitative estimate of drug-likeness (QED) is 0.898. The van der Waals surface area contributed by atoms with E-state index in [0.717, 1.165) is 6.20 Å². The summed E-state index contributed by atoms with van der Waals surface area (Å²) in [4.78, 5) is 15.6. The maximum Gasteiger partial charge on any atom is 0.273 e. The molecule has 2 aliphatic rings. The second kappa shape index (κ2) is 6.66. The summed E-state index contributed by atoms with van der Waals surface area (Å²) in [6, 6.07) is 0.284. The minimum Gasteiger partial charge on any atom is -0.379 e. The van der Waals surface area contributed by atoms with E-state index in [4.69, 9.17) is 9.47 Å². The molecule has 2 atom stereocenters. The molecule has 0 bridgehead atoms. The minimum atomic E-state index is -0.982. The lowest BCUT2D eigenvalue weighted by Crippen LogP contribution is -2.51. The van der Waals surface area contributed by atoms with Crippen molar-refractivity contribution in [1.29, 1.82) is 0 Å². The number of amides is 1. The molecule has 1 amide bonds. The maximum atomic E-state index is 13.6. The lowest BCUT2D eigenvalue weighted by molar-refractivity contribution is -0.0568. The van der Waals surface area contributed by atoms with Crippen LogP contribution >= 0.6 is 0 Å². The Morgan fingerprint density at radius 2 is 2.23 bits per heavy atom. The SMILES string of the molecule is O=C(N[C@@H]1COCC[C@@H]1OCC1CC1)c1ncc(F)cc1F. The van der Waals surface area contributed by atoms with Crippen LogP contribution < -0.4 is 5.32 Å². The van der Waals surface area contributed by atoms with Gasteiger partial charge in [0.25, 0.3) is 5.91 Å². The van der Waals surface area contributed by atoms with E-state index in [1.807, 2.05) is 0 Å². The zero-order chi connectivity index (χ0) is 15.5. The lowest BCUT2D eigenvalue weighted by atomic mass is 10.1. The second-order valence-corrected chi connectivity index (χ2v) is 5.74. The first-order valence-corrected chi connectivity index (χ1v) is 7.44. The highest BCUT2D eigenvalue weighted by Gasteiger charge is 2.31. The van der Waals surface area contributed by atoms with Gasteiger partial charge in [-0.3, -0.25) is 4.79 Å². The average molecular weight is 312 g/mol. The van der Waals surface area contributed by atoms with Gasteiger partial charge in [-0.05, 0) is 25.2 Å². The van der Waals surface area contributed by atoms with Crippen LogP contribution in [0.5, 0.6) is 0 Å². The summed E-state index contributed by atoms with van der Waals surface area (Å²) in [5.74, 6) is -1.87. The zero-order valence-corrected chi connectivity index (χ0v) is 12.1. The Kier molecular flexibility index (Phi) is 4.63. The van der Waals surface area contributed by atoms with Crippen molar-refractivity contribution < 1.29 is 23.0 Å². The molecule has 1 saturated heterocycles. The molecular weight excluding hydrogens is 294 g/mol. The number of carbonyl (C=O) groups is 1. The smallest absolute Gasteiger partial charge is 0.273 e. The van der Waals surface area contributed by atoms with Crippen molar-refractivity contribution in [2.75, 3.05) is 19.8 Å². The first-order valence-electron chi connectivity index (χ1n) is 7.44. The Morgan fingerprint density at radius 3 is 2.95 bits per heavy atom. The predicted octanol–water partition coefficient (Wildman–Crippen LogP) is 1.67. The number of aromatic nitrogens is 1. The van der Waals surface area contributed by atoms with Crippen LogP contribution in [0.1, 0.15) is 29.8 Å². The van der Waals surface area contributed by atoms with Crippen molar-refractivity contribution in [2.24, 2.45) is 5.92 Å². The van der Waals surface area contributed by atoms with Crippen molar-refractivity contribution >= 4 is 5.91 Å². The second-order valence-electron chi connectivity index (χ2n) is 5.74. The van der Waals surface area contributed by atoms with Gasteiger partial charge >= 0.3 is 0 Å². The van der Waals surface area contributed by atoms with Gasteiger partial charge in [-0.1, -0.05) is 0 Å². The van der Waals surface area contributed by atoms with Gasteiger partial charge in [0.2, 0.25) is 0 Å². The summed E-state index contributed by atoms with van der Waals surface area (Å²) < 4.78 is 37.6. The van der Waals surface area contributed by atoms with Gasteiger partial charge in [-0.15, -0.1) is 0 Å². The third-order valence-corrected chi connectivity index (χ3v) is 3.88. The normalized spacial score (nSPS) is 25.0. The molecule has 7 heteroatoms. The van der Waals surface area contributed by atoms with E-state index >= 15 is 0 Å². The van der Waals surface area contributed by atoms with Crippen LogP contribution in [-0.2, 0) is 9.47 Å². The number of halogens is 2. The molecule has 1 N–H and O–H groups in total. The highest BCUT2D eigenvalue weighted by atomic mass is 19.1. The fourth-order valence-electron chi connectivity index (χ4n) is 2.41. The number of pyridine rings is 1. The van der Waals surface area contributed by atoms with Crippen molar-refractivity contribution in [3.05, 3.63) is 29.6 Å². The van der Waals surface area contributed by atoms with Gasteiger partial charge in [-0.25, -0.2) is 13.8 Å². The summed E-state index contributed by atoms with van der Waals surface area (Å²) in [6.07, 6.45) is 3.71. The van der Waals surface area contributed by atoms with Crippen molar-refractivity contribution in [3.8, 4) is 0 Å². The Balaban J connectivity index is 1.62. The Morgan fingerprint density at radius 1 is 1.41 bits per heavy atom. The van der Waals surface area contributed by atoms with Gasteiger partial charge in [0.1, 0.15) is 5.82 Å². The molecule has 120 valence electrons. The fraction of sp³-hybridized carbons (Fsp3) is 0.600. The van der Waals surface area contributed by atoms with Gasteiger partial charge < -0.3 is 14.8 Å². The molecule has 1 saturated carbocycles. The molecule has 2 heterocycles. The van der Waals surface area contributed by atoms with E-state index < -0.39 is 23.2 Å². The van der Waals surface area contributed by atoms with Gasteiger partial charge in [0.15, 0.2) is 11.5 Å². The molecule has 22 heavy (non-hydrogen) atoms. The largest absolute Gasteiger partial charge is 0.379 e. The highest BCUT2D eigenvalue weighted by Crippen LogP contribution is 2.30. The van der Waals surface area contributed by atoms with Crippen LogP contribution in [0.15, 0.2) is 12.3 Å². The fourth-order valence-corrected chi connectivity index (χ4v) is 2.41. The van der Waals surface area contributed by atoms with E-state index in [1.165, 1.54) is 12.8 Å². The Labute approximate surface area is 127 Å². The van der Waals surface area contributed by atoms with E-state index in [1.54, 1.807) is 0 Å². The van der Waals surface area contributed by atoms with Gasteiger partial charge in [0.05, 0.1) is 24.9 Å². The van der Waals surface area contributed by atoms with Gasteiger partial charge in [0, 0.05) is 19.3 Å². The lowest BCUT2D eigenvalue weighted by Gasteiger charge is -2.32. The molecule has 1 aromatic rings. The first kappa shape index (κ1) is 15.3. The summed E-state index contributed by atoms with van der Waals surface area (Å²) in [6.45, 7) is 1.56. The number of carbonyl (C=O) groups excluding carboxylic acids is 1. The third kappa shape index (κ3) is 3.78. The minimum absolute atomic E-state index is 0.151. The highest BCUT2D eigenvalue weighted by molar-refractivity contribution is 5.92. The van der Waals surface area contributed by atoms with Crippen molar-refractivity contribution in [2.45, 2.75) is 31.4 Å². The van der Waals surface area contributed by atoms with Crippen LogP contribution in [0.3, 0.4) is 0 Å². The Hall–Kier alpha value is -1.60. The average Bonchev–Trinajstić information content (AvgIpc) is 3.30. The van der Waals surface area contributed by atoms with Crippen molar-refractivity contribution in [1.82, 2.24) is 10.3 Å². The van der Waals surface area contributed by atoms with Crippen LogP contribution in [0, 0.1) is 17.6 Å². The monoisotopic (exact) mass is 312 g/mol. The molecule has 0 radical (unpaired) electrons. The van der Waals surface area contributed by atoms with E-state index in [-0.39, 0.29) is 12.1 Å². The number of hydrogen-bond acceptors (Lipinski definition) is 4. The summed E-state index contributed by atoms with van der Waals surface area (Å²) in [7, 11) is 0. The molecule has 1 aliphatic carbocycles. The molecule has 5 nitrogen and oxygen atoms in total. The van der Waals surface area contributed by atoms with E-state index in [9.17, 15) is 13.6 Å². The number of nitrogens with one attached hydrogen (secondary N) is 1. The molecule has 3 rings (SSSR count). The molecule has 2 fully saturated rings. The summed E-state index contributed by atoms with van der Waals surface area (Å²) in [5, 5.41) is 2.68. The molecule has 0 spiro atoms. The maximum absolute atomic E-state index is 13.6. The molecule has 1 aliphatic heterocycles. The number of rotatable bonds is 5. The van der Waals surface area contributed by atoms with Gasteiger partial charge in [-0.2, -0.15) is 0 Å². The summed E-state index contributed by atoms with van der Waals surface area (Å²) in [5.41, 5.74) is -0.423. The number of hydrogen-bond donors (Lipinski definition) is 1. The zero-order valence-electron chi connectivity index (χ0n) is 12.1. The number of ether oxygens (including phenoxy) is 2. The van der Waals surface area contributed by atoms with Crippen LogP contribution in [0.25, 0.3) is 0 Å². The van der Waals surface area contributed by atoms with E-state index in [2.05, 4.69) is 10.3 Å². The molecule has 0 unspecified atom stereocenters. The first-order chi connectivity index (χ1) is 10.6. The molecule has 0 aromatic carbocycles. The summed E-state index contributed by atoms with van der Waals surface area (Å²) >= 11 is 0. The number of nitrogens with zero attached hydrogens (tertiary/aromatic N) is 1. The van der Waals surface area contributed by atoms with Crippen LogP contribution in [0.4, 0.5) is 8.78 Å². The van der Waals surface area contributed by atoms with Crippen LogP contribution in [0.2, 0.25) is 0 Å². The molecular formula is C15H18F2N2O3. The predicted molar refractivity (Wildman–Crippen MR) is 73.3 cm³/mol. The third-order valence-electron chi connectivity index (χ3n) is 3.88. The van der Waals surface area contributed by atoms with E-state index in [0.29, 0.717) is 38.2 Å². The topological polar surface area (TPSA) is 60.5 Å². The molecule has 1 aromatic heterocycles. The van der Waals surface area contributed by atoms with Crippen LogP contribution in [-0.4, -0.2) is 42.9 Å². The van der Waals surface area contributed by atoms with Crippen molar-refractivity contribution in [3.63, 3.8) is 0 Å². The Bertz CT molecular complexity index is 552.